The van der Waals surface area contributed by atoms with E-state index in [9.17, 15) is 14.4 Å². The lowest BCUT2D eigenvalue weighted by Crippen LogP contribution is -2.30. The van der Waals surface area contributed by atoms with Crippen molar-refractivity contribution in [3.05, 3.63) is 93.0 Å². The molecule has 0 aliphatic heterocycles. The number of imidazole rings is 1. The van der Waals surface area contributed by atoms with Gasteiger partial charge in [-0.25, -0.2) is 4.79 Å². The maximum absolute atomic E-state index is 13.0. The summed E-state index contributed by atoms with van der Waals surface area (Å²) in [6.45, 7) is 1.97. The number of carbonyl (C=O) groups is 1. The van der Waals surface area contributed by atoms with Gasteiger partial charge < -0.3 is 19.9 Å². The van der Waals surface area contributed by atoms with Gasteiger partial charge in [-0.2, -0.15) is 0 Å². The normalized spacial score (nSPS) is 12.4. The molecule has 154 valence electrons. The van der Waals surface area contributed by atoms with Crippen molar-refractivity contribution in [1.82, 2.24) is 19.9 Å². The monoisotopic (exact) mass is 412 g/mol. The van der Waals surface area contributed by atoms with Crippen molar-refractivity contribution in [2.75, 3.05) is 0 Å². The van der Waals surface area contributed by atoms with Crippen molar-refractivity contribution in [2.45, 2.75) is 19.5 Å². The number of hydrogen-bond donors (Lipinski definition) is 3. The van der Waals surface area contributed by atoms with Gasteiger partial charge in [-0.05, 0) is 48.9 Å². The number of aromatic amines is 2. The predicted molar refractivity (Wildman–Crippen MR) is 121 cm³/mol. The number of hydrogen-bond acceptors (Lipinski definition) is 3. The highest BCUT2D eigenvalue weighted by Crippen LogP contribution is 2.20. The van der Waals surface area contributed by atoms with Crippen LogP contribution >= 0.6 is 0 Å². The molecular weight excluding hydrogens is 392 g/mol. The summed E-state index contributed by atoms with van der Waals surface area (Å²) >= 11 is 0. The molecule has 0 aliphatic carbocycles. The van der Waals surface area contributed by atoms with Crippen molar-refractivity contribution >= 4 is 38.7 Å². The van der Waals surface area contributed by atoms with E-state index in [2.05, 4.69) is 15.3 Å². The van der Waals surface area contributed by atoms with Gasteiger partial charge in [0.15, 0.2) is 5.43 Å². The number of rotatable bonds is 4. The molecule has 0 aliphatic rings. The fourth-order valence-corrected chi connectivity index (χ4v) is 4.08. The summed E-state index contributed by atoms with van der Waals surface area (Å²) in [7, 11) is 0. The first kappa shape index (κ1) is 18.9. The molecule has 0 spiro atoms. The number of pyridine rings is 1. The molecule has 0 bridgehead atoms. The second kappa shape index (κ2) is 7.28. The van der Waals surface area contributed by atoms with Crippen LogP contribution in [0.15, 0.2) is 76.3 Å². The minimum Gasteiger partial charge on any atom is -0.348 e. The standard InChI is InChI=1S/C24H20N4O3/c1-14(15-10-11-18-19(12-15)27-24(31)26-18)25-22(29)13-28-20-8-4-2-6-16(20)23(30)17-7-3-5-9-21(17)28/h2-12,14H,13H2,1H3,(H,25,29)(H2,26,27,31). The third-order valence-electron chi connectivity index (χ3n) is 5.60. The highest BCUT2D eigenvalue weighted by Gasteiger charge is 2.15. The number of fused-ring (bicyclic) bond motifs is 3. The molecule has 7 nitrogen and oxygen atoms in total. The molecule has 2 aromatic heterocycles. The summed E-state index contributed by atoms with van der Waals surface area (Å²) in [6.07, 6.45) is 0. The van der Waals surface area contributed by atoms with Crippen LogP contribution in [0.3, 0.4) is 0 Å². The molecule has 31 heavy (non-hydrogen) atoms. The molecule has 7 heteroatoms. The SMILES string of the molecule is CC(NC(=O)Cn1c2ccccc2c(=O)c2ccccc21)c1ccc2[nH]c(=O)[nH]c2c1. The number of amides is 1. The zero-order chi connectivity index (χ0) is 21.5. The second-order valence-electron chi connectivity index (χ2n) is 7.62. The Kier molecular flexibility index (Phi) is 4.43. The van der Waals surface area contributed by atoms with Gasteiger partial charge in [-0.1, -0.05) is 30.3 Å². The van der Waals surface area contributed by atoms with Crippen molar-refractivity contribution in [2.24, 2.45) is 0 Å². The first-order chi connectivity index (χ1) is 15.0. The molecule has 0 radical (unpaired) electrons. The zero-order valence-electron chi connectivity index (χ0n) is 16.8. The Morgan fingerprint density at radius 2 is 1.52 bits per heavy atom. The van der Waals surface area contributed by atoms with Crippen LogP contribution in [0.4, 0.5) is 0 Å². The smallest absolute Gasteiger partial charge is 0.323 e. The molecule has 5 aromatic rings. The number of aromatic nitrogens is 3. The Hall–Kier alpha value is -4.13. The van der Waals surface area contributed by atoms with Crippen LogP contribution in [0.5, 0.6) is 0 Å². The summed E-state index contributed by atoms with van der Waals surface area (Å²) in [6, 6.07) is 19.9. The average Bonchev–Trinajstić information content (AvgIpc) is 3.15. The van der Waals surface area contributed by atoms with E-state index in [4.69, 9.17) is 0 Å². The topological polar surface area (TPSA) is 99.8 Å². The van der Waals surface area contributed by atoms with Gasteiger partial charge in [0.1, 0.15) is 6.54 Å². The van der Waals surface area contributed by atoms with E-state index in [1.165, 1.54) is 0 Å². The summed E-state index contributed by atoms with van der Waals surface area (Å²) in [5, 5.41) is 4.19. The molecule has 1 amide bonds. The highest BCUT2D eigenvalue weighted by molar-refractivity contribution is 5.94. The quantitative estimate of drug-likeness (QED) is 0.395. The van der Waals surface area contributed by atoms with E-state index in [1.54, 1.807) is 12.1 Å². The Morgan fingerprint density at radius 1 is 0.903 bits per heavy atom. The third kappa shape index (κ3) is 3.30. The highest BCUT2D eigenvalue weighted by atomic mass is 16.2. The van der Waals surface area contributed by atoms with Crippen LogP contribution in [0.25, 0.3) is 32.8 Å². The lowest BCUT2D eigenvalue weighted by molar-refractivity contribution is -0.122. The lowest BCUT2D eigenvalue weighted by Gasteiger charge is -2.18. The number of carbonyl (C=O) groups excluding carboxylic acids is 1. The number of para-hydroxylation sites is 2. The van der Waals surface area contributed by atoms with Gasteiger partial charge in [0.25, 0.3) is 0 Å². The van der Waals surface area contributed by atoms with Crippen molar-refractivity contribution < 1.29 is 4.79 Å². The van der Waals surface area contributed by atoms with Crippen LogP contribution in [0.2, 0.25) is 0 Å². The summed E-state index contributed by atoms with van der Waals surface area (Å²) in [4.78, 5) is 42.7. The van der Waals surface area contributed by atoms with E-state index < -0.39 is 0 Å². The Labute approximate surface area is 176 Å². The number of nitrogens with zero attached hydrogens (tertiary/aromatic N) is 1. The Bertz CT molecular complexity index is 1520. The van der Waals surface area contributed by atoms with Crippen molar-refractivity contribution in [3.63, 3.8) is 0 Å². The minimum atomic E-state index is -0.263. The second-order valence-corrected chi connectivity index (χ2v) is 7.62. The van der Waals surface area contributed by atoms with Crippen LogP contribution in [-0.2, 0) is 11.3 Å². The minimum absolute atomic E-state index is 0.0370. The molecule has 1 unspecified atom stereocenters. The maximum atomic E-state index is 13.0. The third-order valence-corrected chi connectivity index (χ3v) is 5.60. The molecule has 3 aromatic carbocycles. The van der Waals surface area contributed by atoms with E-state index in [0.717, 1.165) is 22.1 Å². The molecular formula is C24H20N4O3. The van der Waals surface area contributed by atoms with Crippen LogP contribution in [-0.4, -0.2) is 20.4 Å². The maximum Gasteiger partial charge on any atom is 0.323 e. The Morgan fingerprint density at radius 3 is 2.19 bits per heavy atom. The van der Waals surface area contributed by atoms with Crippen LogP contribution in [0.1, 0.15) is 18.5 Å². The molecule has 3 N–H and O–H groups in total. The van der Waals surface area contributed by atoms with E-state index >= 15 is 0 Å². The van der Waals surface area contributed by atoms with Gasteiger partial charge in [0.05, 0.1) is 28.1 Å². The van der Waals surface area contributed by atoms with Crippen LogP contribution in [0, 0.1) is 0 Å². The van der Waals surface area contributed by atoms with Crippen molar-refractivity contribution in [1.29, 1.82) is 0 Å². The molecule has 0 fully saturated rings. The predicted octanol–water partition coefficient (Wildman–Crippen LogP) is 3.20. The summed E-state index contributed by atoms with van der Waals surface area (Å²) in [5.41, 5.74) is 3.44. The van der Waals surface area contributed by atoms with E-state index in [0.29, 0.717) is 16.3 Å². The number of benzene rings is 3. The lowest BCUT2D eigenvalue weighted by atomic mass is 10.1. The summed E-state index contributed by atoms with van der Waals surface area (Å²) < 4.78 is 1.88. The van der Waals surface area contributed by atoms with Crippen LogP contribution < -0.4 is 16.4 Å². The summed E-state index contributed by atoms with van der Waals surface area (Å²) in [5.74, 6) is -0.172. The van der Waals surface area contributed by atoms with Gasteiger partial charge >= 0.3 is 5.69 Å². The van der Waals surface area contributed by atoms with Gasteiger partial charge in [-0.3, -0.25) is 9.59 Å². The average molecular weight is 412 g/mol. The first-order valence-corrected chi connectivity index (χ1v) is 10.0. The van der Waals surface area contributed by atoms with E-state index in [1.807, 2.05) is 66.1 Å². The van der Waals surface area contributed by atoms with Gasteiger partial charge in [0, 0.05) is 10.8 Å². The fourth-order valence-electron chi connectivity index (χ4n) is 4.08. The number of H-pyrrole nitrogens is 2. The van der Waals surface area contributed by atoms with E-state index in [-0.39, 0.29) is 29.6 Å². The molecule has 0 saturated carbocycles. The fraction of sp³-hybridized carbons (Fsp3) is 0.125. The molecule has 2 heterocycles. The zero-order valence-corrected chi connectivity index (χ0v) is 16.8. The van der Waals surface area contributed by atoms with Gasteiger partial charge in [0.2, 0.25) is 5.91 Å². The molecule has 0 saturated heterocycles. The Balaban J connectivity index is 1.48. The molecule has 1 atom stereocenters. The molecule has 5 rings (SSSR count). The first-order valence-electron chi connectivity index (χ1n) is 10.0. The van der Waals surface area contributed by atoms with Gasteiger partial charge in [-0.15, -0.1) is 0 Å². The largest absolute Gasteiger partial charge is 0.348 e. The number of nitrogens with one attached hydrogen (secondary N) is 3. The van der Waals surface area contributed by atoms with Crippen molar-refractivity contribution in [3.8, 4) is 0 Å².